The normalized spacial score (nSPS) is 11.0. The molecule has 0 saturated heterocycles. The van der Waals surface area contributed by atoms with E-state index >= 15 is 0 Å². The standard InChI is InChI=1S/C16H14ClNO2/c1-20-14-9-5-8-13(11-14)18-16(19)15(17)10-12-6-3-2-4-7-12/h2-11H,1H3,(H,18,19)/b15-10-. The number of hydrogen-bond donors (Lipinski definition) is 1. The van der Waals surface area contributed by atoms with Crippen molar-refractivity contribution in [1.29, 1.82) is 0 Å². The summed E-state index contributed by atoms with van der Waals surface area (Å²) >= 11 is 6.01. The minimum absolute atomic E-state index is 0.124. The van der Waals surface area contributed by atoms with Crippen molar-refractivity contribution in [1.82, 2.24) is 0 Å². The molecule has 1 amide bonds. The van der Waals surface area contributed by atoms with Crippen molar-refractivity contribution in [3.63, 3.8) is 0 Å². The molecule has 1 N–H and O–H groups in total. The first-order chi connectivity index (χ1) is 9.69. The van der Waals surface area contributed by atoms with Gasteiger partial charge >= 0.3 is 0 Å². The van der Waals surface area contributed by atoms with Gasteiger partial charge in [0.2, 0.25) is 0 Å². The fourth-order valence-corrected chi connectivity index (χ4v) is 1.83. The van der Waals surface area contributed by atoms with Gasteiger partial charge in [0.1, 0.15) is 10.8 Å². The summed E-state index contributed by atoms with van der Waals surface area (Å²) in [5, 5.41) is 2.84. The van der Waals surface area contributed by atoms with Crippen LogP contribution in [0.1, 0.15) is 5.56 Å². The predicted octanol–water partition coefficient (Wildman–Crippen LogP) is 3.91. The van der Waals surface area contributed by atoms with E-state index in [2.05, 4.69) is 5.32 Å². The molecule has 0 radical (unpaired) electrons. The molecule has 0 fully saturated rings. The van der Waals surface area contributed by atoms with Gasteiger partial charge in [0.05, 0.1) is 7.11 Å². The van der Waals surface area contributed by atoms with E-state index in [1.165, 1.54) is 0 Å². The molecule has 3 nitrogen and oxygen atoms in total. The van der Waals surface area contributed by atoms with Gasteiger partial charge in [0.25, 0.3) is 5.91 Å². The molecule has 0 saturated carbocycles. The molecular weight excluding hydrogens is 274 g/mol. The van der Waals surface area contributed by atoms with Crippen LogP contribution in [0.15, 0.2) is 59.6 Å². The number of ether oxygens (including phenoxy) is 1. The Morgan fingerprint density at radius 1 is 1.15 bits per heavy atom. The number of benzene rings is 2. The number of methoxy groups -OCH3 is 1. The molecule has 0 unspecified atom stereocenters. The largest absolute Gasteiger partial charge is 0.497 e. The molecule has 0 aliphatic carbocycles. The van der Waals surface area contributed by atoms with Crippen molar-refractivity contribution in [3.8, 4) is 5.75 Å². The number of nitrogens with one attached hydrogen (secondary N) is 1. The summed E-state index contributed by atoms with van der Waals surface area (Å²) in [5.41, 5.74) is 1.51. The fraction of sp³-hybridized carbons (Fsp3) is 0.0625. The summed E-state index contributed by atoms with van der Waals surface area (Å²) in [6, 6.07) is 16.5. The van der Waals surface area contributed by atoms with Gasteiger partial charge in [-0.25, -0.2) is 0 Å². The van der Waals surface area contributed by atoms with Crippen LogP contribution in [0.3, 0.4) is 0 Å². The number of amides is 1. The number of carbonyl (C=O) groups is 1. The second-order valence-electron chi connectivity index (χ2n) is 4.09. The van der Waals surface area contributed by atoms with Crippen LogP contribution < -0.4 is 10.1 Å². The average Bonchev–Trinajstić information content (AvgIpc) is 2.48. The van der Waals surface area contributed by atoms with E-state index in [9.17, 15) is 4.79 Å². The number of hydrogen-bond acceptors (Lipinski definition) is 2. The Balaban J connectivity index is 2.09. The third kappa shape index (κ3) is 3.87. The molecule has 2 aromatic rings. The smallest absolute Gasteiger partial charge is 0.267 e. The number of carbonyl (C=O) groups excluding carboxylic acids is 1. The van der Waals surface area contributed by atoms with Crippen LogP contribution >= 0.6 is 11.6 Å². The highest BCUT2D eigenvalue weighted by molar-refractivity contribution is 6.45. The highest BCUT2D eigenvalue weighted by Crippen LogP contribution is 2.18. The summed E-state index contributed by atoms with van der Waals surface area (Å²) in [6.07, 6.45) is 1.62. The van der Waals surface area contributed by atoms with Gasteiger partial charge in [-0.2, -0.15) is 0 Å². The van der Waals surface area contributed by atoms with Gasteiger partial charge in [-0.3, -0.25) is 4.79 Å². The van der Waals surface area contributed by atoms with Crippen molar-refractivity contribution < 1.29 is 9.53 Å². The molecule has 0 aromatic heterocycles. The summed E-state index contributed by atoms with van der Waals surface area (Å²) in [5.74, 6) is 0.315. The van der Waals surface area contributed by atoms with Crippen LogP contribution in [0.2, 0.25) is 0 Å². The van der Waals surface area contributed by atoms with Gasteiger partial charge in [-0.05, 0) is 23.8 Å². The van der Waals surface area contributed by atoms with E-state index in [4.69, 9.17) is 16.3 Å². The van der Waals surface area contributed by atoms with Gasteiger partial charge in [-0.15, -0.1) is 0 Å². The number of rotatable bonds is 4. The second-order valence-corrected chi connectivity index (χ2v) is 4.50. The van der Waals surface area contributed by atoms with E-state index in [0.29, 0.717) is 11.4 Å². The van der Waals surface area contributed by atoms with E-state index in [-0.39, 0.29) is 10.9 Å². The zero-order valence-corrected chi connectivity index (χ0v) is 11.7. The van der Waals surface area contributed by atoms with Crippen LogP contribution in [0.5, 0.6) is 5.75 Å². The molecule has 20 heavy (non-hydrogen) atoms. The van der Waals surface area contributed by atoms with Crippen LogP contribution in [-0.4, -0.2) is 13.0 Å². The van der Waals surface area contributed by atoms with Crippen molar-refractivity contribution in [2.75, 3.05) is 12.4 Å². The Kier molecular flexibility index (Phi) is 4.80. The van der Waals surface area contributed by atoms with Crippen molar-refractivity contribution in [2.45, 2.75) is 0 Å². The molecule has 0 atom stereocenters. The molecule has 102 valence electrons. The van der Waals surface area contributed by atoms with Gasteiger partial charge < -0.3 is 10.1 Å². The highest BCUT2D eigenvalue weighted by Gasteiger charge is 2.07. The van der Waals surface area contributed by atoms with Gasteiger partial charge in [-0.1, -0.05) is 48.0 Å². The maximum Gasteiger partial charge on any atom is 0.267 e. The minimum atomic E-state index is -0.358. The Morgan fingerprint density at radius 3 is 2.60 bits per heavy atom. The lowest BCUT2D eigenvalue weighted by atomic mass is 10.2. The molecule has 2 aromatic carbocycles. The summed E-state index contributed by atoms with van der Waals surface area (Å²) < 4.78 is 5.09. The Morgan fingerprint density at radius 2 is 1.90 bits per heavy atom. The molecule has 0 aliphatic rings. The van der Waals surface area contributed by atoms with Crippen LogP contribution in [0, 0.1) is 0 Å². The molecule has 0 bridgehead atoms. The monoisotopic (exact) mass is 287 g/mol. The second kappa shape index (κ2) is 6.78. The van der Waals surface area contributed by atoms with Crippen molar-refractivity contribution >= 4 is 29.3 Å². The quantitative estimate of drug-likeness (QED) is 0.866. The molecule has 4 heteroatoms. The topological polar surface area (TPSA) is 38.3 Å². The van der Waals surface area contributed by atoms with Crippen molar-refractivity contribution in [3.05, 3.63) is 65.2 Å². The maximum absolute atomic E-state index is 12.0. The van der Waals surface area contributed by atoms with E-state index < -0.39 is 0 Å². The SMILES string of the molecule is COc1cccc(NC(=O)/C(Cl)=C/c2ccccc2)c1. The predicted molar refractivity (Wildman–Crippen MR) is 81.9 cm³/mol. The summed E-state index contributed by atoms with van der Waals surface area (Å²) in [6.45, 7) is 0. The molecule has 0 heterocycles. The van der Waals surface area contributed by atoms with Crippen molar-refractivity contribution in [2.24, 2.45) is 0 Å². The number of halogens is 1. The minimum Gasteiger partial charge on any atom is -0.497 e. The first kappa shape index (κ1) is 14.2. The van der Waals surface area contributed by atoms with E-state index in [1.807, 2.05) is 30.3 Å². The first-order valence-corrected chi connectivity index (χ1v) is 6.44. The lowest BCUT2D eigenvalue weighted by Crippen LogP contribution is -2.11. The highest BCUT2D eigenvalue weighted by atomic mass is 35.5. The zero-order chi connectivity index (χ0) is 14.4. The molecular formula is C16H14ClNO2. The average molecular weight is 288 g/mol. The molecule has 0 spiro atoms. The zero-order valence-electron chi connectivity index (χ0n) is 11.0. The first-order valence-electron chi connectivity index (χ1n) is 6.06. The molecule has 2 rings (SSSR count). The number of anilines is 1. The summed E-state index contributed by atoms with van der Waals surface area (Å²) in [7, 11) is 1.57. The van der Waals surface area contributed by atoms with Crippen LogP contribution in [0.4, 0.5) is 5.69 Å². The van der Waals surface area contributed by atoms with E-state index in [1.54, 1.807) is 37.5 Å². The molecule has 0 aliphatic heterocycles. The Bertz CT molecular complexity index is 623. The van der Waals surface area contributed by atoms with Gasteiger partial charge in [0.15, 0.2) is 0 Å². The third-order valence-electron chi connectivity index (χ3n) is 2.64. The van der Waals surface area contributed by atoms with Crippen LogP contribution in [0.25, 0.3) is 6.08 Å². The van der Waals surface area contributed by atoms with E-state index in [0.717, 1.165) is 5.56 Å². The fourth-order valence-electron chi connectivity index (χ4n) is 1.65. The lowest BCUT2D eigenvalue weighted by Gasteiger charge is -2.06. The Hall–Kier alpha value is -2.26. The van der Waals surface area contributed by atoms with Gasteiger partial charge in [0, 0.05) is 11.8 Å². The third-order valence-corrected chi connectivity index (χ3v) is 2.92. The van der Waals surface area contributed by atoms with Crippen LogP contribution in [-0.2, 0) is 4.79 Å². The lowest BCUT2D eigenvalue weighted by molar-refractivity contribution is -0.112. The Labute approximate surface area is 122 Å². The maximum atomic E-state index is 12.0. The summed E-state index contributed by atoms with van der Waals surface area (Å²) in [4.78, 5) is 12.0.